The minimum Gasteiger partial charge on any atom is -0.326 e. The van der Waals surface area contributed by atoms with Gasteiger partial charge >= 0.3 is 0 Å². The van der Waals surface area contributed by atoms with Crippen molar-refractivity contribution >= 4 is 0 Å². The van der Waals surface area contributed by atoms with Crippen LogP contribution in [0.2, 0.25) is 0 Å². The Bertz CT molecular complexity index is 332. The van der Waals surface area contributed by atoms with E-state index in [1.807, 2.05) is 0 Å². The van der Waals surface area contributed by atoms with E-state index < -0.39 is 0 Å². The predicted octanol–water partition coefficient (Wildman–Crippen LogP) is 5.18. The average molecular weight is 327 g/mol. The maximum absolute atomic E-state index is 12.5. The van der Waals surface area contributed by atoms with Crippen molar-refractivity contribution in [3.8, 4) is 0 Å². The highest BCUT2D eigenvalue weighted by atomic mass is 16.5. The number of hydrogen-bond donors (Lipinski definition) is 0. The molecule has 0 spiro atoms. The Kier molecular flexibility index (Phi) is 7.56. The molecule has 0 unspecified atom stereocenters. The first-order valence-electron chi connectivity index (χ1n) is 9.83. The standard InChI is InChI=1S/C20H42N2O/c1-8-9-10-11-12-13-14-15-22(6,7)18-16-19(2,3)21(23)20(4,5)17-18/h18H,8-17H2,1-7H3/q+1. The highest BCUT2D eigenvalue weighted by molar-refractivity contribution is 4.96. The fourth-order valence-electron chi connectivity index (χ4n) is 4.36. The van der Waals surface area contributed by atoms with Gasteiger partial charge in [0.1, 0.15) is 0 Å². The summed E-state index contributed by atoms with van der Waals surface area (Å²) in [7, 11) is 4.74. The molecule has 1 aliphatic heterocycles. The van der Waals surface area contributed by atoms with Crippen LogP contribution in [0.3, 0.4) is 0 Å². The molecule has 1 radical (unpaired) electrons. The van der Waals surface area contributed by atoms with Crippen molar-refractivity contribution in [3.63, 3.8) is 0 Å². The van der Waals surface area contributed by atoms with Crippen LogP contribution in [0.1, 0.15) is 92.4 Å². The Hall–Kier alpha value is -0.120. The van der Waals surface area contributed by atoms with Crippen LogP contribution in [0.15, 0.2) is 0 Å². The van der Waals surface area contributed by atoms with Gasteiger partial charge in [0.2, 0.25) is 0 Å². The number of rotatable bonds is 9. The number of hydroxylamine groups is 2. The molecular formula is C20H42N2O+. The Morgan fingerprint density at radius 3 is 1.78 bits per heavy atom. The van der Waals surface area contributed by atoms with Crippen LogP contribution in [0.4, 0.5) is 0 Å². The van der Waals surface area contributed by atoms with Gasteiger partial charge in [0.05, 0.1) is 26.7 Å². The summed E-state index contributed by atoms with van der Waals surface area (Å²) in [6.07, 6.45) is 11.6. The molecule has 1 fully saturated rings. The van der Waals surface area contributed by atoms with Crippen LogP contribution in [0, 0.1) is 0 Å². The second kappa shape index (κ2) is 8.31. The van der Waals surface area contributed by atoms with Crippen LogP contribution >= 0.6 is 0 Å². The van der Waals surface area contributed by atoms with Crippen molar-refractivity contribution in [1.82, 2.24) is 5.06 Å². The summed E-state index contributed by atoms with van der Waals surface area (Å²) in [4.78, 5) is 0. The lowest BCUT2D eigenvalue weighted by Gasteiger charge is -2.53. The lowest BCUT2D eigenvalue weighted by molar-refractivity contribution is -0.918. The molecule has 0 N–H and O–H groups in total. The summed E-state index contributed by atoms with van der Waals surface area (Å²) >= 11 is 0. The van der Waals surface area contributed by atoms with Crippen LogP contribution in [0.5, 0.6) is 0 Å². The topological polar surface area (TPSA) is 23.1 Å². The minimum absolute atomic E-state index is 0.248. The number of hydrogen-bond acceptors (Lipinski definition) is 1. The van der Waals surface area contributed by atoms with Crippen molar-refractivity contribution < 1.29 is 9.69 Å². The van der Waals surface area contributed by atoms with E-state index in [2.05, 4.69) is 48.7 Å². The molecule has 1 heterocycles. The first kappa shape index (κ1) is 20.9. The molecule has 3 heteroatoms. The minimum atomic E-state index is -0.248. The number of piperidine rings is 1. The number of quaternary nitrogens is 1. The molecule has 1 rings (SSSR count). The lowest BCUT2D eigenvalue weighted by Crippen LogP contribution is -2.65. The molecule has 0 bridgehead atoms. The average Bonchev–Trinajstić information content (AvgIpc) is 2.43. The summed E-state index contributed by atoms with van der Waals surface area (Å²) in [5.41, 5.74) is -0.496. The normalized spacial score (nSPS) is 22.4. The molecule has 0 aromatic heterocycles. The van der Waals surface area contributed by atoms with Crippen molar-refractivity contribution in [2.24, 2.45) is 0 Å². The van der Waals surface area contributed by atoms with E-state index in [0.29, 0.717) is 6.04 Å². The predicted molar refractivity (Wildman–Crippen MR) is 98.7 cm³/mol. The molecule has 0 atom stereocenters. The Morgan fingerprint density at radius 1 is 0.870 bits per heavy atom. The van der Waals surface area contributed by atoms with E-state index >= 15 is 0 Å². The second-order valence-electron chi connectivity index (χ2n) is 9.60. The van der Waals surface area contributed by atoms with Gasteiger partial charge in [-0.2, -0.15) is 0 Å². The van der Waals surface area contributed by atoms with Crippen molar-refractivity contribution in [2.75, 3.05) is 20.6 Å². The van der Waals surface area contributed by atoms with E-state index in [1.54, 1.807) is 0 Å². The third-order valence-corrected chi connectivity index (χ3v) is 5.90. The van der Waals surface area contributed by atoms with Crippen molar-refractivity contribution in [1.29, 1.82) is 0 Å². The monoisotopic (exact) mass is 326 g/mol. The zero-order chi connectivity index (χ0) is 17.7. The Labute approximate surface area is 145 Å². The van der Waals surface area contributed by atoms with Gasteiger partial charge in [-0.05, 0) is 40.5 Å². The summed E-state index contributed by atoms with van der Waals surface area (Å²) < 4.78 is 1.07. The van der Waals surface area contributed by atoms with E-state index in [0.717, 1.165) is 17.3 Å². The molecule has 0 aromatic carbocycles. The van der Waals surface area contributed by atoms with Gasteiger partial charge in [-0.1, -0.05) is 39.0 Å². The van der Waals surface area contributed by atoms with Gasteiger partial charge < -0.3 is 4.48 Å². The fraction of sp³-hybridized carbons (Fsp3) is 1.00. The molecule has 1 saturated heterocycles. The second-order valence-corrected chi connectivity index (χ2v) is 9.60. The van der Waals surface area contributed by atoms with Gasteiger partial charge in [-0.25, -0.2) is 0 Å². The molecule has 3 nitrogen and oxygen atoms in total. The first-order chi connectivity index (χ1) is 10.5. The van der Waals surface area contributed by atoms with Crippen LogP contribution < -0.4 is 0 Å². The Morgan fingerprint density at radius 2 is 1.30 bits per heavy atom. The van der Waals surface area contributed by atoms with Gasteiger partial charge in [-0.3, -0.25) is 0 Å². The highest BCUT2D eigenvalue weighted by Crippen LogP contribution is 2.40. The third kappa shape index (κ3) is 6.03. The van der Waals surface area contributed by atoms with E-state index in [4.69, 9.17) is 0 Å². The first-order valence-corrected chi connectivity index (χ1v) is 9.83. The zero-order valence-electron chi connectivity index (χ0n) is 17.0. The van der Waals surface area contributed by atoms with Crippen LogP contribution in [-0.4, -0.2) is 47.3 Å². The van der Waals surface area contributed by atoms with E-state index in [1.165, 1.54) is 56.6 Å². The highest BCUT2D eigenvalue weighted by Gasteiger charge is 2.50. The SMILES string of the molecule is CCCCCCCCC[N+](C)(C)C1CC(C)(C)N([O])C(C)(C)C1. The summed E-state index contributed by atoms with van der Waals surface area (Å²) in [6.45, 7) is 12.0. The molecular weight excluding hydrogens is 284 g/mol. The maximum Gasteiger partial charge on any atom is 0.0923 e. The van der Waals surface area contributed by atoms with E-state index in [9.17, 15) is 5.21 Å². The summed E-state index contributed by atoms with van der Waals surface area (Å²) in [5.74, 6) is 0. The molecule has 137 valence electrons. The van der Waals surface area contributed by atoms with Gasteiger partial charge in [0, 0.05) is 23.9 Å². The van der Waals surface area contributed by atoms with Crippen LogP contribution in [-0.2, 0) is 5.21 Å². The molecule has 0 aromatic rings. The number of nitrogens with zero attached hydrogens (tertiary/aromatic N) is 2. The van der Waals surface area contributed by atoms with Gasteiger partial charge in [0.25, 0.3) is 0 Å². The molecule has 0 aliphatic carbocycles. The lowest BCUT2D eigenvalue weighted by atomic mass is 9.77. The maximum atomic E-state index is 12.5. The third-order valence-electron chi connectivity index (χ3n) is 5.90. The zero-order valence-corrected chi connectivity index (χ0v) is 17.0. The summed E-state index contributed by atoms with van der Waals surface area (Å²) in [6, 6.07) is 0.588. The molecule has 1 aliphatic rings. The van der Waals surface area contributed by atoms with Crippen molar-refractivity contribution in [2.45, 2.75) is 110 Å². The molecule has 0 saturated carbocycles. The Balaban J connectivity index is 2.46. The quantitative estimate of drug-likeness (QED) is 0.423. The smallest absolute Gasteiger partial charge is 0.0923 e. The van der Waals surface area contributed by atoms with Gasteiger partial charge in [-0.15, -0.1) is 10.3 Å². The van der Waals surface area contributed by atoms with Crippen LogP contribution in [0.25, 0.3) is 0 Å². The van der Waals surface area contributed by atoms with E-state index in [-0.39, 0.29) is 11.1 Å². The van der Waals surface area contributed by atoms with Gasteiger partial charge in [0.15, 0.2) is 0 Å². The molecule has 0 amide bonds. The summed E-state index contributed by atoms with van der Waals surface area (Å²) in [5, 5.41) is 13.9. The largest absolute Gasteiger partial charge is 0.326 e. The molecule has 23 heavy (non-hydrogen) atoms. The van der Waals surface area contributed by atoms with Crippen molar-refractivity contribution in [3.05, 3.63) is 0 Å². The number of unbranched alkanes of at least 4 members (excludes halogenated alkanes) is 6. The fourth-order valence-corrected chi connectivity index (χ4v) is 4.36.